The summed E-state index contributed by atoms with van der Waals surface area (Å²) in [5.41, 5.74) is 20.0. The molecule has 10 heteroatoms. The number of nitrogens with two attached hydrogens (primary N) is 3. The van der Waals surface area contributed by atoms with E-state index in [4.69, 9.17) is 28.8 Å². The average Bonchev–Trinajstić information content (AvgIpc) is 3.32. The predicted octanol–water partition coefficient (Wildman–Crippen LogP) is 2.75. The second-order valence-corrected chi connectivity index (χ2v) is 9.96. The van der Waals surface area contributed by atoms with Crippen molar-refractivity contribution in [3.8, 4) is 0 Å². The van der Waals surface area contributed by atoms with Crippen molar-refractivity contribution in [2.24, 2.45) is 11.1 Å². The molecule has 5 rings (SSSR count). The first-order valence-corrected chi connectivity index (χ1v) is 11.8. The molecule has 0 amide bonds. The molecule has 3 aliphatic rings. The first-order chi connectivity index (χ1) is 14.9. The van der Waals surface area contributed by atoms with E-state index >= 15 is 0 Å². The van der Waals surface area contributed by atoms with Crippen LogP contribution in [-0.2, 0) is 0 Å². The van der Waals surface area contributed by atoms with E-state index in [0.29, 0.717) is 21.9 Å². The first kappa shape index (κ1) is 20.7. The molecule has 6 N–H and O–H groups in total. The molecular formula is C21H27ClN8S. The van der Waals surface area contributed by atoms with Gasteiger partial charge < -0.3 is 27.0 Å². The molecule has 2 atom stereocenters. The zero-order valence-corrected chi connectivity index (χ0v) is 18.9. The van der Waals surface area contributed by atoms with Crippen LogP contribution in [0.4, 0.5) is 17.5 Å². The smallest absolute Gasteiger partial charge is 0.158 e. The molecule has 2 unspecified atom stereocenters. The Morgan fingerprint density at radius 3 is 2.65 bits per heavy atom. The van der Waals surface area contributed by atoms with Crippen LogP contribution in [0.1, 0.15) is 25.7 Å². The van der Waals surface area contributed by atoms with Crippen molar-refractivity contribution in [1.29, 1.82) is 0 Å². The van der Waals surface area contributed by atoms with Gasteiger partial charge in [-0.05, 0) is 31.7 Å². The van der Waals surface area contributed by atoms with Gasteiger partial charge in [0.2, 0.25) is 0 Å². The minimum absolute atomic E-state index is 0.00831. The molecule has 3 saturated heterocycles. The molecular weight excluding hydrogens is 432 g/mol. The van der Waals surface area contributed by atoms with Crippen LogP contribution in [0.25, 0.3) is 0 Å². The van der Waals surface area contributed by atoms with Crippen LogP contribution in [0.5, 0.6) is 0 Å². The molecule has 164 valence electrons. The largest absolute Gasteiger partial charge is 0.382 e. The number of aromatic nitrogens is 3. The average molecular weight is 459 g/mol. The van der Waals surface area contributed by atoms with E-state index in [0.717, 1.165) is 43.2 Å². The van der Waals surface area contributed by atoms with Gasteiger partial charge in [-0.25, -0.2) is 15.0 Å². The number of piperidine rings is 1. The van der Waals surface area contributed by atoms with Gasteiger partial charge in [0.25, 0.3) is 0 Å². The number of halogens is 1. The minimum atomic E-state index is 0.00831. The van der Waals surface area contributed by atoms with E-state index in [1.165, 1.54) is 30.3 Å². The lowest BCUT2D eigenvalue weighted by Gasteiger charge is -2.43. The molecule has 3 aliphatic heterocycles. The van der Waals surface area contributed by atoms with Gasteiger partial charge in [0.15, 0.2) is 5.82 Å². The standard InChI is InChI=1S/C21H27ClN8S/c1-12-21(17(23)13-3-2-8-30(12)13)5-9-29(10-6-21)15-11-27-20(19(25)28-15)31-14-4-7-26-18(24)16(14)22/h4,7,11,13,17H,1-3,5-6,8-10,23H2,(H2,24,26)(H2,25,28). The summed E-state index contributed by atoms with van der Waals surface area (Å²) >= 11 is 7.57. The van der Waals surface area contributed by atoms with Gasteiger partial charge in [-0.2, -0.15) is 0 Å². The summed E-state index contributed by atoms with van der Waals surface area (Å²) in [6.07, 6.45) is 7.73. The number of hydrogen-bond acceptors (Lipinski definition) is 9. The molecule has 0 saturated carbocycles. The third kappa shape index (κ3) is 3.30. The Balaban J connectivity index is 1.30. The van der Waals surface area contributed by atoms with E-state index in [-0.39, 0.29) is 17.3 Å². The monoisotopic (exact) mass is 458 g/mol. The Kier molecular flexibility index (Phi) is 5.15. The number of anilines is 3. The highest BCUT2D eigenvalue weighted by atomic mass is 35.5. The summed E-state index contributed by atoms with van der Waals surface area (Å²) in [4.78, 5) is 18.6. The zero-order valence-electron chi connectivity index (χ0n) is 17.3. The van der Waals surface area contributed by atoms with Crippen LogP contribution >= 0.6 is 23.4 Å². The maximum atomic E-state index is 6.75. The second kappa shape index (κ2) is 7.72. The van der Waals surface area contributed by atoms with Crippen LogP contribution in [0.15, 0.2) is 40.7 Å². The van der Waals surface area contributed by atoms with Crippen LogP contribution in [0.3, 0.4) is 0 Å². The van der Waals surface area contributed by atoms with Crippen LogP contribution in [-0.4, -0.2) is 51.6 Å². The SMILES string of the molecule is C=C1N2CCCC2C(N)C12CCN(c1cnc(Sc3ccnc(N)c3Cl)c(N)n1)CC2. The van der Waals surface area contributed by atoms with E-state index < -0.39 is 0 Å². The highest BCUT2D eigenvalue weighted by Gasteiger charge is 2.55. The molecule has 1 spiro atoms. The maximum Gasteiger partial charge on any atom is 0.158 e. The molecule has 3 fully saturated rings. The number of pyridine rings is 1. The third-order valence-electron chi connectivity index (χ3n) is 7.09. The van der Waals surface area contributed by atoms with Gasteiger partial charge in [-0.15, -0.1) is 0 Å². The van der Waals surface area contributed by atoms with Gasteiger partial charge in [0.05, 0.1) is 11.2 Å². The van der Waals surface area contributed by atoms with Crippen molar-refractivity contribution in [3.05, 3.63) is 35.8 Å². The summed E-state index contributed by atoms with van der Waals surface area (Å²) < 4.78 is 0. The number of rotatable bonds is 3. The molecule has 31 heavy (non-hydrogen) atoms. The summed E-state index contributed by atoms with van der Waals surface area (Å²) in [7, 11) is 0. The molecule has 8 nitrogen and oxygen atoms in total. The summed E-state index contributed by atoms with van der Waals surface area (Å²) in [5, 5.41) is 0.990. The quantitative estimate of drug-likeness (QED) is 0.636. The molecule has 0 bridgehead atoms. The fourth-order valence-electron chi connectivity index (χ4n) is 5.34. The second-order valence-electron chi connectivity index (χ2n) is 8.55. The van der Waals surface area contributed by atoms with Crippen molar-refractivity contribution in [1.82, 2.24) is 19.9 Å². The zero-order chi connectivity index (χ0) is 21.8. The van der Waals surface area contributed by atoms with Crippen LogP contribution in [0, 0.1) is 5.41 Å². The van der Waals surface area contributed by atoms with Crippen LogP contribution < -0.4 is 22.1 Å². The lowest BCUT2D eigenvalue weighted by atomic mass is 9.71. The maximum absolute atomic E-state index is 6.75. The molecule has 2 aromatic rings. The Morgan fingerprint density at radius 1 is 1.16 bits per heavy atom. The summed E-state index contributed by atoms with van der Waals surface area (Å²) in [5.74, 6) is 1.44. The van der Waals surface area contributed by atoms with Crippen LogP contribution in [0.2, 0.25) is 5.02 Å². The Bertz CT molecular complexity index is 1020. The number of fused-ring (bicyclic) bond motifs is 1. The Labute approximate surface area is 191 Å². The van der Waals surface area contributed by atoms with Gasteiger partial charge in [0.1, 0.15) is 16.7 Å². The van der Waals surface area contributed by atoms with Crippen molar-refractivity contribution in [2.75, 3.05) is 36.0 Å². The first-order valence-electron chi connectivity index (χ1n) is 10.6. The number of hydrogen-bond donors (Lipinski definition) is 3. The topological polar surface area (TPSA) is 123 Å². The van der Waals surface area contributed by atoms with Gasteiger partial charge in [-0.1, -0.05) is 29.9 Å². The highest BCUT2D eigenvalue weighted by molar-refractivity contribution is 7.99. The van der Waals surface area contributed by atoms with Gasteiger partial charge in [-0.3, -0.25) is 0 Å². The molecule has 0 aromatic carbocycles. The van der Waals surface area contributed by atoms with Gasteiger partial charge >= 0.3 is 0 Å². The highest BCUT2D eigenvalue weighted by Crippen LogP contribution is 2.52. The number of nitrogen functional groups attached to an aromatic ring is 2. The van der Waals surface area contributed by atoms with Gasteiger partial charge in [0, 0.05) is 53.9 Å². The molecule has 0 radical (unpaired) electrons. The lowest BCUT2D eigenvalue weighted by Crippen LogP contribution is -2.50. The Morgan fingerprint density at radius 2 is 1.94 bits per heavy atom. The molecule has 5 heterocycles. The Hall–Kier alpha value is -2.23. The van der Waals surface area contributed by atoms with Crippen molar-refractivity contribution < 1.29 is 0 Å². The fourth-order valence-corrected chi connectivity index (χ4v) is 6.36. The van der Waals surface area contributed by atoms with E-state index in [2.05, 4.69) is 31.3 Å². The predicted molar refractivity (Wildman–Crippen MR) is 125 cm³/mol. The summed E-state index contributed by atoms with van der Waals surface area (Å²) in [6.45, 7) is 7.27. The van der Waals surface area contributed by atoms with Crippen molar-refractivity contribution in [3.63, 3.8) is 0 Å². The minimum Gasteiger partial charge on any atom is -0.382 e. The van der Waals surface area contributed by atoms with E-state index in [1.807, 2.05) is 0 Å². The molecule has 0 aliphatic carbocycles. The van der Waals surface area contributed by atoms with E-state index in [9.17, 15) is 0 Å². The fraction of sp³-hybridized carbons (Fsp3) is 0.476. The molecule has 2 aromatic heterocycles. The van der Waals surface area contributed by atoms with E-state index in [1.54, 1.807) is 18.5 Å². The third-order valence-corrected chi connectivity index (χ3v) is 8.67. The lowest BCUT2D eigenvalue weighted by molar-refractivity contribution is 0.235. The summed E-state index contributed by atoms with van der Waals surface area (Å²) in [6, 6.07) is 2.41. The number of nitrogens with zero attached hydrogens (tertiary/aromatic N) is 5. The van der Waals surface area contributed by atoms with Crippen molar-refractivity contribution >= 4 is 40.8 Å². The van der Waals surface area contributed by atoms with Crippen molar-refractivity contribution in [2.45, 2.75) is 47.7 Å². The normalized spacial score (nSPS) is 24.8.